The molecule has 4 heteroatoms. The lowest BCUT2D eigenvalue weighted by Gasteiger charge is -2.00. The molecule has 0 bridgehead atoms. The fourth-order valence-electron chi connectivity index (χ4n) is 0.575. The molecule has 0 aliphatic rings. The Kier molecular flexibility index (Phi) is 0.958. The van der Waals surface area contributed by atoms with Gasteiger partial charge in [-0.1, -0.05) is 6.04 Å². The normalized spacial score (nSPS) is 13.3. The van der Waals surface area contributed by atoms with E-state index < -0.39 is 41.1 Å². The van der Waals surface area contributed by atoms with Gasteiger partial charge in [-0.15, -0.1) is 0 Å². The number of nitrogens with two attached hydrogens (primary N) is 1. The number of benzene rings is 1. The molecule has 0 fully saturated rings. The fraction of sp³-hybridized carbons (Fsp3) is 0. The molecule has 4 nitrogen and oxygen atoms in total. The van der Waals surface area contributed by atoms with Crippen LogP contribution in [0.3, 0.4) is 0 Å². The number of phenolic OH excluding ortho intramolecular Hbond substituents is 1. The maximum atomic E-state index is 10.6. The molecule has 0 amide bonds. The van der Waals surface area contributed by atoms with Gasteiger partial charge in [0.15, 0.2) is 0 Å². The predicted octanol–water partition coefficient (Wildman–Crippen LogP) is 0.673. The van der Waals surface area contributed by atoms with E-state index in [0.717, 1.165) is 0 Å². The third-order valence-corrected chi connectivity index (χ3v) is 1.11. The Hall–Kier alpha value is -1.71. The molecule has 1 aromatic rings. The van der Waals surface area contributed by atoms with Crippen molar-refractivity contribution in [2.24, 2.45) is 0 Å². The van der Waals surface area contributed by atoms with Crippen LogP contribution in [0.4, 0.5) is 5.69 Å². The molecule has 0 saturated heterocycles. The molecule has 0 spiro atoms. The van der Waals surface area contributed by atoms with Crippen molar-refractivity contribution in [2.75, 3.05) is 5.73 Å². The third-order valence-electron chi connectivity index (χ3n) is 1.11. The smallest absolute Gasteiger partial charge is 0.337 e. The van der Waals surface area contributed by atoms with Crippen molar-refractivity contribution < 1.29 is 19.1 Å². The number of aromatic hydroxyl groups is 1. The summed E-state index contributed by atoms with van der Waals surface area (Å²) in [6.45, 7) is 0. The average molecular weight is 156 g/mol. The van der Waals surface area contributed by atoms with Gasteiger partial charge in [-0.3, -0.25) is 0 Å². The molecule has 4 N–H and O–H groups in total. The van der Waals surface area contributed by atoms with Crippen molar-refractivity contribution in [3.63, 3.8) is 0 Å². The number of rotatable bonds is 1. The van der Waals surface area contributed by atoms with Gasteiger partial charge < -0.3 is 15.9 Å². The second kappa shape index (κ2) is 2.49. The highest BCUT2D eigenvalue weighted by molar-refractivity contribution is 5.95. The lowest BCUT2D eigenvalue weighted by molar-refractivity contribution is 0.0697. The zero-order chi connectivity index (χ0) is 11.0. The van der Waals surface area contributed by atoms with E-state index in [1.54, 1.807) is 0 Å². The topological polar surface area (TPSA) is 83.5 Å². The summed E-state index contributed by atoms with van der Waals surface area (Å²) < 4.78 is 21.5. The van der Waals surface area contributed by atoms with Crippen LogP contribution in [-0.4, -0.2) is 16.2 Å². The van der Waals surface area contributed by atoms with Gasteiger partial charge in [0, 0.05) is 0 Å². The van der Waals surface area contributed by atoms with Gasteiger partial charge in [-0.25, -0.2) is 4.79 Å². The minimum absolute atomic E-state index is 0.552. The Morgan fingerprint density at radius 3 is 2.82 bits per heavy atom. The Morgan fingerprint density at radius 2 is 2.27 bits per heavy atom. The van der Waals surface area contributed by atoms with E-state index in [4.69, 9.17) is 20.1 Å². The molecule has 0 radical (unpaired) electrons. The largest absolute Gasteiger partial charge is 0.506 e. The van der Waals surface area contributed by atoms with Crippen molar-refractivity contribution in [1.29, 1.82) is 0 Å². The Balaban J connectivity index is 3.68. The highest BCUT2D eigenvalue weighted by Crippen LogP contribution is 2.22. The molecule has 0 aliphatic heterocycles. The predicted molar refractivity (Wildman–Crippen MR) is 39.5 cm³/mol. The van der Waals surface area contributed by atoms with Gasteiger partial charge in [0.05, 0.1) is 15.4 Å². The first-order valence-corrected chi connectivity index (χ1v) is 2.69. The van der Waals surface area contributed by atoms with Gasteiger partial charge in [0.2, 0.25) is 0 Å². The van der Waals surface area contributed by atoms with Crippen molar-refractivity contribution >= 4 is 11.7 Å². The number of nitrogen functional groups attached to an aromatic ring is 1. The number of carboxylic acids is 1. The highest BCUT2D eigenvalue weighted by Gasteiger charge is 2.09. The molecule has 1 aromatic carbocycles. The second-order valence-corrected chi connectivity index (χ2v) is 1.82. The van der Waals surface area contributed by atoms with Crippen molar-refractivity contribution in [2.45, 2.75) is 0 Å². The number of aromatic carboxylic acids is 1. The Bertz CT molecular complexity index is 390. The summed E-state index contributed by atoms with van der Waals surface area (Å²) in [7, 11) is 0. The molecule has 0 unspecified atom stereocenters. The Morgan fingerprint density at radius 1 is 1.64 bits per heavy atom. The van der Waals surface area contributed by atoms with E-state index in [1.165, 1.54) is 0 Å². The van der Waals surface area contributed by atoms with Crippen LogP contribution < -0.4 is 5.73 Å². The summed E-state index contributed by atoms with van der Waals surface area (Å²) in [6, 6.07) is -1.97. The molecule has 0 aliphatic carbocycles. The Labute approximate surface area is 67.1 Å². The average Bonchev–Trinajstić information content (AvgIpc) is 2.11. The van der Waals surface area contributed by atoms with Crippen LogP contribution in [0.25, 0.3) is 0 Å². The second-order valence-electron chi connectivity index (χ2n) is 1.82. The quantitative estimate of drug-likeness (QED) is 0.412. The van der Waals surface area contributed by atoms with Gasteiger partial charge in [0.1, 0.15) is 5.75 Å². The van der Waals surface area contributed by atoms with Gasteiger partial charge in [-0.05, 0) is 12.1 Å². The van der Waals surface area contributed by atoms with E-state index in [1.807, 2.05) is 0 Å². The summed E-state index contributed by atoms with van der Waals surface area (Å²) in [5.41, 5.74) is 4.00. The van der Waals surface area contributed by atoms with Crippen LogP contribution >= 0.6 is 0 Å². The first-order valence-electron chi connectivity index (χ1n) is 4.19. The molecule has 0 aromatic heterocycles. The molecule has 0 heterocycles. The van der Waals surface area contributed by atoms with Crippen LogP contribution in [0.5, 0.6) is 5.75 Å². The lowest BCUT2D eigenvalue weighted by atomic mass is 10.2. The van der Waals surface area contributed by atoms with Crippen molar-refractivity contribution in [1.82, 2.24) is 0 Å². The zero-order valence-electron chi connectivity index (χ0n) is 8.38. The maximum absolute atomic E-state index is 10.6. The molecular weight excluding hydrogens is 146 g/mol. The van der Waals surface area contributed by atoms with Crippen molar-refractivity contribution in [3.05, 3.63) is 23.7 Å². The number of hydrogen-bond acceptors (Lipinski definition) is 3. The van der Waals surface area contributed by atoms with Crippen molar-refractivity contribution in [3.8, 4) is 5.75 Å². The zero-order valence-corrected chi connectivity index (χ0v) is 5.38. The fourth-order valence-corrected chi connectivity index (χ4v) is 0.575. The van der Waals surface area contributed by atoms with Crippen LogP contribution in [0.1, 0.15) is 14.5 Å². The van der Waals surface area contributed by atoms with Crippen LogP contribution in [0, 0.1) is 0 Å². The van der Waals surface area contributed by atoms with Gasteiger partial charge >= 0.3 is 5.97 Å². The molecule has 0 saturated carbocycles. The number of anilines is 1. The number of carbonyl (C=O) groups is 1. The standard InChI is InChI=1S/C7H7NO3/c8-6-4(7(10)11)2-1-3-5(6)9/h1-3,9H,8H2,(H,10,11)/i1D,2D,3D. The molecule has 0 atom stereocenters. The summed E-state index contributed by atoms with van der Waals surface area (Å²) in [5.74, 6) is -2.28. The maximum Gasteiger partial charge on any atom is 0.337 e. The minimum Gasteiger partial charge on any atom is -0.506 e. The van der Waals surface area contributed by atoms with Gasteiger partial charge in [0.25, 0.3) is 0 Å². The molecule has 11 heavy (non-hydrogen) atoms. The summed E-state index contributed by atoms with van der Waals surface area (Å²) >= 11 is 0. The highest BCUT2D eigenvalue weighted by atomic mass is 16.4. The minimum atomic E-state index is -1.50. The van der Waals surface area contributed by atoms with Crippen LogP contribution in [0.15, 0.2) is 18.1 Å². The number of para-hydroxylation sites is 1. The number of carboxylic acid groups (broad SMARTS) is 1. The molecule has 58 valence electrons. The van der Waals surface area contributed by atoms with E-state index in [-0.39, 0.29) is 0 Å². The first-order chi connectivity index (χ1) is 6.37. The number of hydrogen-bond donors (Lipinski definition) is 3. The number of phenols is 1. The summed E-state index contributed by atoms with van der Waals surface area (Å²) in [4.78, 5) is 10.6. The SMILES string of the molecule is [2H]c1c([2H])c(O)c(N)c(C(=O)O)c1[2H]. The third kappa shape index (κ3) is 1.24. The van der Waals surface area contributed by atoms with E-state index in [2.05, 4.69) is 0 Å². The monoisotopic (exact) mass is 156 g/mol. The summed E-state index contributed by atoms with van der Waals surface area (Å²) in [6.07, 6.45) is 0. The van der Waals surface area contributed by atoms with E-state index >= 15 is 0 Å². The van der Waals surface area contributed by atoms with Crippen LogP contribution in [0.2, 0.25) is 0 Å². The molecular formula is C7H7NO3. The van der Waals surface area contributed by atoms with E-state index in [0.29, 0.717) is 0 Å². The summed E-state index contributed by atoms with van der Waals surface area (Å²) in [5, 5.41) is 17.8. The van der Waals surface area contributed by atoms with Gasteiger partial charge in [-0.2, -0.15) is 0 Å². The first kappa shape index (κ1) is 4.23. The van der Waals surface area contributed by atoms with E-state index in [9.17, 15) is 4.79 Å². The molecule has 1 rings (SSSR count). The van der Waals surface area contributed by atoms with Crippen LogP contribution in [-0.2, 0) is 0 Å². The lowest BCUT2D eigenvalue weighted by Crippen LogP contribution is -2.01.